The monoisotopic (exact) mass is 538 g/mol. The second kappa shape index (κ2) is 24.7. The fourth-order valence-corrected chi connectivity index (χ4v) is 2.57. The molecule has 8 nitrogen and oxygen atoms in total. The number of terminal acetylenes is 1. The van der Waals surface area contributed by atoms with E-state index in [0.29, 0.717) is 19.3 Å². The van der Waals surface area contributed by atoms with Gasteiger partial charge in [0.2, 0.25) is 0 Å². The van der Waals surface area contributed by atoms with E-state index in [2.05, 4.69) is 61.7 Å². The standard InChI is InChI=1S/C23H24O8S2.2Na/c1-2-3-4-5-6-7-8-9-10-11-12-13-14-15-16-17-18-19-20-21-23(31-33(27,28)29)22-30-32(24,25)26;;/h1,3-4,9-10,23H,5-8,15-17,22H2,(H,24,25,26)(H,27,28,29);;/q;2*+1/b4-3-,10-9-;;/t23-;;/m1../s1. The molecule has 0 aliphatic heterocycles. The Kier molecular flexibility index (Phi) is 27.2. The van der Waals surface area contributed by atoms with Crippen LogP contribution in [0.15, 0.2) is 24.3 Å². The Balaban J connectivity index is -0.00000512. The van der Waals surface area contributed by atoms with Crippen LogP contribution in [0.5, 0.6) is 0 Å². The quantitative estimate of drug-likeness (QED) is 0.113. The van der Waals surface area contributed by atoms with Crippen molar-refractivity contribution in [1.82, 2.24) is 0 Å². The molecule has 0 unspecified atom stereocenters. The Labute approximate surface area is 253 Å². The van der Waals surface area contributed by atoms with Gasteiger partial charge in [-0.3, -0.25) is 9.11 Å². The van der Waals surface area contributed by atoms with Gasteiger partial charge in [0.15, 0.2) is 6.10 Å². The molecule has 0 fully saturated rings. The van der Waals surface area contributed by atoms with Crippen LogP contribution in [0, 0.1) is 59.7 Å². The zero-order chi connectivity index (χ0) is 24.8. The molecule has 0 saturated heterocycles. The number of hydrogen-bond acceptors (Lipinski definition) is 6. The molecule has 0 saturated carbocycles. The molecule has 0 aromatic rings. The summed E-state index contributed by atoms with van der Waals surface area (Å²) in [7, 11) is -9.74. The van der Waals surface area contributed by atoms with Gasteiger partial charge in [-0.15, -0.1) is 6.42 Å². The van der Waals surface area contributed by atoms with Gasteiger partial charge in [0.05, 0.1) is 0 Å². The minimum Gasteiger partial charge on any atom is -0.264 e. The van der Waals surface area contributed by atoms with Gasteiger partial charge in [0.1, 0.15) is 6.61 Å². The molecule has 0 amide bonds. The number of rotatable bonds is 12. The van der Waals surface area contributed by atoms with Crippen LogP contribution in [0.4, 0.5) is 0 Å². The molecule has 35 heavy (non-hydrogen) atoms. The third kappa shape index (κ3) is 33.0. The zero-order valence-corrected chi connectivity index (χ0v) is 25.4. The van der Waals surface area contributed by atoms with Gasteiger partial charge in [-0.2, -0.15) is 16.8 Å². The summed E-state index contributed by atoms with van der Waals surface area (Å²) in [5.74, 6) is 23.1. The second-order valence-electron chi connectivity index (χ2n) is 5.98. The smallest absolute Gasteiger partial charge is 0.264 e. The van der Waals surface area contributed by atoms with Crippen LogP contribution in [0.1, 0.15) is 44.9 Å². The van der Waals surface area contributed by atoms with Crippen LogP contribution in [0.3, 0.4) is 0 Å². The van der Waals surface area contributed by atoms with Crippen molar-refractivity contribution in [1.29, 1.82) is 0 Å². The topological polar surface area (TPSA) is 127 Å². The maximum absolute atomic E-state index is 10.7. The molecule has 0 radical (unpaired) electrons. The molecule has 0 aromatic carbocycles. The van der Waals surface area contributed by atoms with E-state index in [1.54, 1.807) is 12.2 Å². The van der Waals surface area contributed by atoms with Crippen LogP contribution < -0.4 is 59.1 Å². The molecule has 0 bridgehead atoms. The molecule has 1 atom stereocenters. The van der Waals surface area contributed by atoms with Crippen molar-refractivity contribution >= 4 is 20.8 Å². The van der Waals surface area contributed by atoms with Crippen LogP contribution in [0.25, 0.3) is 0 Å². The molecule has 12 heteroatoms. The van der Waals surface area contributed by atoms with Crippen LogP contribution >= 0.6 is 0 Å². The Bertz CT molecular complexity index is 1170. The van der Waals surface area contributed by atoms with E-state index in [1.807, 2.05) is 12.2 Å². The summed E-state index contributed by atoms with van der Waals surface area (Å²) < 4.78 is 67.6. The van der Waals surface area contributed by atoms with Crippen LogP contribution in [-0.2, 0) is 29.2 Å². The summed E-state index contributed by atoms with van der Waals surface area (Å²) in [5.41, 5.74) is 0. The van der Waals surface area contributed by atoms with Crippen molar-refractivity contribution in [2.45, 2.75) is 51.0 Å². The van der Waals surface area contributed by atoms with Gasteiger partial charge in [-0.05, 0) is 67.9 Å². The van der Waals surface area contributed by atoms with E-state index in [-0.39, 0.29) is 59.1 Å². The normalized spacial score (nSPS) is 11.0. The summed E-state index contributed by atoms with van der Waals surface area (Å²) in [6, 6.07) is 0. The van der Waals surface area contributed by atoms with Gasteiger partial charge >= 0.3 is 79.9 Å². The molecule has 0 rings (SSSR count). The van der Waals surface area contributed by atoms with E-state index >= 15 is 0 Å². The first kappa shape index (κ1) is 38.5. The summed E-state index contributed by atoms with van der Waals surface area (Å²) in [6.45, 7) is -0.954. The van der Waals surface area contributed by atoms with Gasteiger partial charge in [0.25, 0.3) is 0 Å². The van der Waals surface area contributed by atoms with Crippen molar-refractivity contribution in [3.63, 3.8) is 0 Å². The zero-order valence-electron chi connectivity index (χ0n) is 19.8. The molecular weight excluding hydrogens is 514 g/mol. The molecule has 0 heterocycles. The minimum atomic E-state index is -4.91. The van der Waals surface area contributed by atoms with E-state index in [0.717, 1.165) is 25.7 Å². The van der Waals surface area contributed by atoms with Gasteiger partial charge in [-0.1, -0.05) is 41.8 Å². The van der Waals surface area contributed by atoms with Crippen molar-refractivity contribution in [3.05, 3.63) is 24.3 Å². The molecule has 0 aromatic heterocycles. The van der Waals surface area contributed by atoms with E-state index in [9.17, 15) is 16.8 Å². The van der Waals surface area contributed by atoms with Crippen LogP contribution in [0.2, 0.25) is 0 Å². The van der Waals surface area contributed by atoms with E-state index in [1.165, 1.54) is 0 Å². The maximum Gasteiger partial charge on any atom is 1.00 e. The maximum atomic E-state index is 10.7. The molecule has 0 spiro atoms. The fraction of sp³-hybridized carbons (Fsp3) is 0.391. The third-order valence-corrected chi connectivity index (χ3v) is 4.13. The van der Waals surface area contributed by atoms with Gasteiger partial charge in [0, 0.05) is 12.8 Å². The van der Waals surface area contributed by atoms with Crippen molar-refractivity contribution in [2.24, 2.45) is 0 Å². The van der Waals surface area contributed by atoms with E-state index in [4.69, 9.17) is 15.5 Å². The number of unbranched alkanes of at least 4 members (excludes halogenated alkanes) is 5. The summed E-state index contributed by atoms with van der Waals surface area (Å²) in [4.78, 5) is 0. The first-order chi connectivity index (χ1) is 15.6. The first-order valence-corrected chi connectivity index (χ1v) is 12.4. The summed E-state index contributed by atoms with van der Waals surface area (Å²) in [6.07, 6.45) is 16.6. The molecule has 0 aliphatic carbocycles. The molecule has 0 aliphatic rings. The van der Waals surface area contributed by atoms with Crippen molar-refractivity contribution < 1.29 is 93.4 Å². The Morgan fingerprint density at radius 3 is 1.91 bits per heavy atom. The second-order valence-corrected chi connectivity index (χ2v) is 8.12. The molecular formula is C23H24Na2O8S2+2. The average molecular weight is 539 g/mol. The van der Waals surface area contributed by atoms with Crippen LogP contribution in [-0.4, -0.2) is 38.7 Å². The predicted octanol–water partition coefficient (Wildman–Crippen LogP) is -3.51. The fourth-order valence-electron chi connectivity index (χ4n) is 1.88. The molecule has 176 valence electrons. The predicted molar refractivity (Wildman–Crippen MR) is 124 cm³/mol. The van der Waals surface area contributed by atoms with Crippen molar-refractivity contribution in [2.75, 3.05) is 6.61 Å². The van der Waals surface area contributed by atoms with Crippen molar-refractivity contribution in [3.8, 4) is 59.7 Å². The Hall–Kier alpha value is -0.980. The van der Waals surface area contributed by atoms with E-state index < -0.39 is 33.5 Å². The Morgan fingerprint density at radius 2 is 1.37 bits per heavy atom. The Morgan fingerprint density at radius 1 is 0.800 bits per heavy atom. The first-order valence-electron chi connectivity index (χ1n) is 9.64. The SMILES string of the molecule is C#C/C=C\CCCC/C=C\C#CC#CCCCC#CC#C[C@H](COS(=O)(=O)O)OS(=O)(=O)O.[Na+].[Na+]. The third-order valence-electron chi connectivity index (χ3n) is 3.22. The average Bonchev–Trinajstić information content (AvgIpc) is 2.72. The van der Waals surface area contributed by atoms with Gasteiger partial charge < -0.3 is 0 Å². The summed E-state index contributed by atoms with van der Waals surface area (Å²) in [5, 5.41) is 0. The molecule has 2 N–H and O–H groups in total. The number of hydrogen-bond donors (Lipinski definition) is 2. The largest absolute Gasteiger partial charge is 1.00 e. The minimum absolute atomic E-state index is 0. The van der Waals surface area contributed by atoms with Gasteiger partial charge in [-0.25, -0.2) is 8.37 Å². The summed E-state index contributed by atoms with van der Waals surface area (Å²) >= 11 is 0. The number of allylic oxidation sites excluding steroid dienone is 4.